The maximum absolute atomic E-state index is 13.8. The summed E-state index contributed by atoms with van der Waals surface area (Å²) in [6, 6.07) is 38.2. The molecule has 0 saturated carbocycles. The van der Waals surface area contributed by atoms with Gasteiger partial charge in [0.05, 0.1) is 13.2 Å². The van der Waals surface area contributed by atoms with Crippen molar-refractivity contribution in [2.75, 3.05) is 23.0 Å². The summed E-state index contributed by atoms with van der Waals surface area (Å²) >= 11 is 0. The van der Waals surface area contributed by atoms with Gasteiger partial charge in [-0.2, -0.15) is 0 Å². The van der Waals surface area contributed by atoms with Crippen molar-refractivity contribution in [1.82, 2.24) is 0 Å². The molecule has 50 heavy (non-hydrogen) atoms. The maximum atomic E-state index is 13.8. The van der Waals surface area contributed by atoms with Crippen LogP contribution in [0.2, 0.25) is 0 Å². The molecule has 0 spiro atoms. The van der Waals surface area contributed by atoms with Gasteiger partial charge in [0.1, 0.15) is 34.0 Å². The summed E-state index contributed by atoms with van der Waals surface area (Å²) in [5, 5.41) is 1.62. The number of benzene rings is 5. The molecule has 0 aliphatic heterocycles. The zero-order valence-corrected chi connectivity index (χ0v) is 28.3. The van der Waals surface area contributed by atoms with Gasteiger partial charge in [0.25, 0.3) is 0 Å². The number of hydrogen-bond donors (Lipinski definition) is 0. The first-order chi connectivity index (χ1) is 24.4. The van der Waals surface area contributed by atoms with Crippen LogP contribution >= 0.6 is 0 Å². The van der Waals surface area contributed by atoms with Crippen LogP contribution in [0.3, 0.4) is 0 Å². The molecule has 0 fully saturated rings. The van der Waals surface area contributed by atoms with E-state index in [9.17, 15) is 9.59 Å². The molecule has 0 unspecified atom stereocenters. The lowest BCUT2D eigenvalue weighted by Crippen LogP contribution is -2.21. The van der Waals surface area contributed by atoms with Crippen LogP contribution in [0.4, 0.5) is 34.1 Å². The van der Waals surface area contributed by atoms with Gasteiger partial charge in [-0.1, -0.05) is 36.4 Å². The first-order valence-electron chi connectivity index (χ1n) is 16.6. The van der Waals surface area contributed by atoms with Crippen molar-refractivity contribution in [2.45, 2.75) is 27.7 Å². The Morgan fingerprint density at radius 2 is 0.860 bits per heavy atom. The highest BCUT2D eigenvalue weighted by Gasteiger charge is 2.25. The predicted octanol–water partition coefficient (Wildman–Crippen LogP) is 10.3. The SMILES string of the molecule is CCOc1ccc2c(C)c(N(c3ccccc3)c3ccc(N(c4ccccc4)c4c(C)c5ccc(OCC)cc5oc4=O)cc3)c(=O)oc2c1. The molecule has 0 saturated heterocycles. The highest BCUT2D eigenvalue weighted by molar-refractivity contribution is 5.92. The predicted molar refractivity (Wildman–Crippen MR) is 200 cm³/mol. The van der Waals surface area contributed by atoms with Crippen molar-refractivity contribution >= 4 is 56.1 Å². The standard InChI is InChI=1S/C42H36N2O6/c1-5-47-33-21-23-35-27(3)39(41(45)49-37(35)25-33)43(29-13-9-7-10-14-29)31-17-19-32(20-18-31)44(30-15-11-8-12-16-30)40-28(4)36-24-22-34(48-6-2)26-38(36)50-42(40)46/h7-26H,5-6H2,1-4H3. The molecule has 0 aliphatic rings. The number of hydrogen-bond acceptors (Lipinski definition) is 8. The first-order valence-corrected chi connectivity index (χ1v) is 16.6. The van der Waals surface area contributed by atoms with Crippen molar-refractivity contribution in [2.24, 2.45) is 0 Å². The van der Waals surface area contributed by atoms with Gasteiger partial charge in [-0.25, -0.2) is 9.59 Å². The van der Waals surface area contributed by atoms with Crippen LogP contribution in [0.5, 0.6) is 11.5 Å². The lowest BCUT2D eigenvalue weighted by Gasteiger charge is -2.28. The molecule has 8 heteroatoms. The van der Waals surface area contributed by atoms with Crippen molar-refractivity contribution < 1.29 is 18.3 Å². The van der Waals surface area contributed by atoms with Crippen LogP contribution in [0, 0.1) is 13.8 Å². The molecule has 0 aliphatic carbocycles. The summed E-state index contributed by atoms with van der Waals surface area (Å²) < 4.78 is 23.1. The molecule has 7 aromatic rings. The molecule has 2 heterocycles. The van der Waals surface area contributed by atoms with Gasteiger partial charge in [-0.15, -0.1) is 0 Å². The van der Waals surface area contributed by atoms with Gasteiger partial charge in [0.2, 0.25) is 0 Å². The average Bonchev–Trinajstić information content (AvgIpc) is 3.13. The fourth-order valence-corrected chi connectivity index (χ4v) is 6.40. The molecule has 0 bridgehead atoms. The van der Waals surface area contributed by atoms with Crippen molar-refractivity contribution in [3.05, 3.63) is 153 Å². The Balaban J connectivity index is 1.37. The molecular formula is C42H36N2O6. The monoisotopic (exact) mass is 664 g/mol. The van der Waals surface area contributed by atoms with Gasteiger partial charge in [0, 0.05) is 45.7 Å². The second-order valence-corrected chi connectivity index (χ2v) is 11.8. The molecule has 0 N–H and O–H groups in total. The van der Waals surface area contributed by atoms with E-state index in [-0.39, 0.29) is 0 Å². The van der Waals surface area contributed by atoms with Crippen LogP contribution in [0.1, 0.15) is 25.0 Å². The highest BCUT2D eigenvalue weighted by Crippen LogP contribution is 2.41. The number of anilines is 6. The van der Waals surface area contributed by atoms with E-state index in [4.69, 9.17) is 18.3 Å². The lowest BCUT2D eigenvalue weighted by molar-refractivity contribution is 0.340. The van der Waals surface area contributed by atoms with E-state index in [0.717, 1.165) is 44.6 Å². The summed E-state index contributed by atoms with van der Waals surface area (Å²) in [6.07, 6.45) is 0. The molecule has 5 aromatic carbocycles. The van der Waals surface area contributed by atoms with Gasteiger partial charge in [-0.05, 0) is 112 Å². The summed E-state index contributed by atoms with van der Waals surface area (Å²) in [5.41, 5.74) is 5.38. The van der Waals surface area contributed by atoms with Gasteiger partial charge in [-0.3, -0.25) is 0 Å². The van der Waals surface area contributed by atoms with E-state index in [2.05, 4.69) is 0 Å². The molecule has 7 rings (SSSR count). The molecule has 2 aromatic heterocycles. The Labute approximate surface area is 289 Å². The van der Waals surface area contributed by atoms with Crippen LogP contribution in [0.25, 0.3) is 21.9 Å². The van der Waals surface area contributed by atoms with E-state index in [1.54, 1.807) is 12.1 Å². The quantitative estimate of drug-likeness (QED) is 0.134. The molecule has 0 radical (unpaired) electrons. The summed E-state index contributed by atoms with van der Waals surface area (Å²) in [5.74, 6) is 1.28. The minimum Gasteiger partial charge on any atom is -0.494 e. The second kappa shape index (κ2) is 13.7. The van der Waals surface area contributed by atoms with Crippen LogP contribution in [-0.4, -0.2) is 13.2 Å². The van der Waals surface area contributed by atoms with E-state index in [1.165, 1.54) is 0 Å². The third kappa shape index (κ3) is 5.96. The Morgan fingerprint density at radius 1 is 0.500 bits per heavy atom. The van der Waals surface area contributed by atoms with Crippen molar-refractivity contribution in [1.29, 1.82) is 0 Å². The zero-order valence-electron chi connectivity index (χ0n) is 28.3. The maximum Gasteiger partial charge on any atom is 0.361 e. The average molecular weight is 665 g/mol. The normalized spacial score (nSPS) is 11.1. The van der Waals surface area contributed by atoms with E-state index >= 15 is 0 Å². The number of fused-ring (bicyclic) bond motifs is 2. The molecular weight excluding hydrogens is 628 g/mol. The fourth-order valence-electron chi connectivity index (χ4n) is 6.40. The van der Waals surface area contributed by atoms with Crippen LogP contribution < -0.4 is 30.5 Å². The van der Waals surface area contributed by atoms with Crippen LogP contribution in [-0.2, 0) is 0 Å². The highest BCUT2D eigenvalue weighted by atomic mass is 16.5. The third-order valence-electron chi connectivity index (χ3n) is 8.68. The number of aryl methyl sites for hydroxylation is 2. The van der Waals surface area contributed by atoms with E-state index < -0.39 is 11.3 Å². The van der Waals surface area contributed by atoms with E-state index in [0.29, 0.717) is 47.3 Å². The van der Waals surface area contributed by atoms with Crippen molar-refractivity contribution in [3.8, 4) is 11.5 Å². The largest absolute Gasteiger partial charge is 0.494 e. The summed E-state index contributed by atoms with van der Waals surface area (Å²) in [6.45, 7) is 8.69. The lowest BCUT2D eigenvalue weighted by atomic mass is 10.1. The second-order valence-electron chi connectivity index (χ2n) is 11.8. The first kappa shape index (κ1) is 32.3. The Morgan fingerprint density at radius 3 is 1.22 bits per heavy atom. The molecule has 250 valence electrons. The Hall–Kier alpha value is -6.28. The number of rotatable bonds is 10. The fraction of sp³-hybridized carbons (Fsp3) is 0.143. The molecule has 8 nitrogen and oxygen atoms in total. The van der Waals surface area contributed by atoms with Gasteiger partial charge in [0.15, 0.2) is 0 Å². The topological polar surface area (TPSA) is 85.4 Å². The number of para-hydroxylation sites is 2. The summed E-state index contributed by atoms with van der Waals surface area (Å²) in [4.78, 5) is 31.4. The Bertz CT molecular complexity index is 2250. The minimum absolute atomic E-state index is 0.401. The molecule has 0 amide bonds. The number of nitrogens with zero attached hydrogens (tertiary/aromatic N) is 2. The van der Waals surface area contributed by atoms with Gasteiger partial charge >= 0.3 is 11.3 Å². The summed E-state index contributed by atoms with van der Waals surface area (Å²) in [7, 11) is 0. The van der Waals surface area contributed by atoms with E-state index in [1.807, 2.05) is 147 Å². The zero-order chi connectivity index (χ0) is 34.8. The molecule has 0 atom stereocenters. The smallest absolute Gasteiger partial charge is 0.361 e. The van der Waals surface area contributed by atoms with Crippen molar-refractivity contribution in [3.63, 3.8) is 0 Å². The third-order valence-corrected chi connectivity index (χ3v) is 8.68. The number of ether oxygens (including phenoxy) is 2. The Kier molecular flexibility index (Phi) is 8.83. The van der Waals surface area contributed by atoms with Crippen LogP contribution in [0.15, 0.2) is 140 Å². The minimum atomic E-state index is -0.473. The van der Waals surface area contributed by atoms with Gasteiger partial charge < -0.3 is 28.1 Å².